The van der Waals surface area contributed by atoms with Gasteiger partial charge in [-0.05, 0) is 17.7 Å². The van der Waals surface area contributed by atoms with Gasteiger partial charge < -0.3 is 10.8 Å². The summed E-state index contributed by atoms with van der Waals surface area (Å²) in [4.78, 5) is 0. The average Bonchev–Trinajstić information content (AvgIpc) is 2.20. The molecular formula is C10H10Cl2F3NO. The van der Waals surface area contributed by atoms with E-state index in [-0.39, 0.29) is 15.6 Å². The van der Waals surface area contributed by atoms with Gasteiger partial charge in [-0.2, -0.15) is 13.2 Å². The molecule has 0 aromatic heterocycles. The maximum Gasteiger partial charge on any atom is 0.403 e. The van der Waals surface area contributed by atoms with Crippen molar-refractivity contribution in [3.63, 3.8) is 0 Å². The summed E-state index contributed by atoms with van der Waals surface area (Å²) in [5.41, 5.74) is 5.16. The minimum absolute atomic E-state index is 0.170. The van der Waals surface area contributed by atoms with Crippen LogP contribution in [0.25, 0.3) is 0 Å². The van der Waals surface area contributed by atoms with E-state index in [1.807, 2.05) is 0 Å². The lowest BCUT2D eigenvalue weighted by Gasteiger charge is -2.19. The summed E-state index contributed by atoms with van der Waals surface area (Å²) in [7, 11) is 0. The molecule has 17 heavy (non-hydrogen) atoms. The molecule has 1 rings (SSSR count). The van der Waals surface area contributed by atoms with Crippen molar-refractivity contribution in [2.75, 3.05) is 0 Å². The molecule has 0 radical (unpaired) electrons. The smallest absolute Gasteiger partial charge is 0.388 e. The van der Waals surface area contributed by atoms with Gasteiger partial charge in [-0.25, -0.2) is 0 Å². The number of aliphatic hydroxyl groups excluding tert-OH is 1. The van der Waals surface area contributed by atoms with Crippen molar-refractivity contribution < 1.29 is 18.3 Å². The van der Waals surface area contributed by atoms with Crippen molar-refractivity contribution in [2.24, 2.45) is 5.73 Å². The van der Waals surface area contributed by atoms with Crippen LogP contribution < -0.4 is 5.73 Å². The van der Waals surface area contributed by atoms with Crippen molar-refractivity contribution in [1.29, 1.82) is 0 Å². The Hall–Kier alpha value is -0.490. The summed E-state index contributed by atoms with van der Waals surface area (Å²) in [5.74, 6) is 0. The summed E-state index contributed by atoms with van der Waals surface area (Å²) in [6, 6.07) is 2.05. The Morgan fingerprint density at radius 3 is 2.29 bits per heavy atom. The minimum Gasteiger partial charge on any atom is -0.388 e. The molecule has 96 valence electrons. The van der Waals surface area contributed by atoms with E-state index in [4.69, 9.17) is 28.9 Å². The Morgan fingerprint density at radius 1 is 1.24 bits per heavy atom. The van der Waals surface area contributed by atoms with E-state index < -0.39 is 24.7 Å². The molecule has 1 aromatic carbocycles. The highest BCUT2D eigenvalue weighted by Gasteiger charge is 2.37. The molecule has 0 bridgehead atoms. The van der Waals surface area contributed by atoms with Crippen LogP contribution >= 0.6 is 23.2 Å². The van der Waals surface area contributed by atoms with Gasteiger partial charge in [-0.3, -0.25) is 0 Å². The first-order chi connectivity index (χ1) is 7.71. The van der Waals surface area contributed by atoms with Gasteiger partial charge in [-0.1, -0.05) is 29.3 Å². The molecule has 0 aliphatic rings. The van der Waals surface area contributed by atoms with Crippen LogP contribution in [0.1, 0.15) is 18.1 Å². The van der Waals surface area contributed by atoms with Gasteiger partial charge in [0.1, 0.15) is 6.04 Å². The third kappa shape index (κ3) is 4.03. The second kappa shape index (κ2) is 5.44. The third-order valence-electron chi connectivity index (χ3n) is 2.23. The number of hydrogen-bond donors (Lipinski definition) is 2. The highest BCUT2D eigenvalue weighted by molar-refractivity contribution is 6.42. The van der Waals surface area contributed by atoms with Crippen LogP contribution in [0.4, 0.5) is 13.2 Å². The Labute approximate surface area is 106 Å². The van der Waals surface area contributed by atoms with E-state index in [1.165, 1.54) is 18.2 Å². The fourth-order valence-electron chi connectivity index (χ4n) is 1.23. The zero-order chi connectivity index (χ0) is 13.2. The molecule has 1 aromatic rings. The molecule has 2 nitrogen and oxygen atoms in total. The third-order valence-corrected chi connectivity index (χ3v) is 2.97. The SMILES string of the molecule is N[C@H](C[C@H](O)c1ccc(Cl)c(Cl)c1)C(F)(F)F. The maximum atomic E-state index is 12.2. The minimum atomic E-state index is -4.53. The van der Waals surface area contributed by atoms with E-state index in [1.54, 1.807) is 0 Å². The molecular weight excluding hydrogens is 278 g/mol. The Bertz CT molecular complexity index is 398. The number of nitrogens with two attached hydrogens (primary N) is 1. The van der Waals surface area contributed by atoms with E-state index in [9.17, 15) is 18.3 Å². The van der Waals surface area contributed by atoms with Crippen molar-refractivity contribution >= 4 is 23.2 Å². The molecule has 0 saturated heterocycles. The van der Waals surface area contributed by atoms with E-state index in [0.717, 1.165) is 0 Å². The second-order valence-electron chi connectivity index (χ2n) is 3.57. The van der Waals surface area contributed by atoms with Gasteiger partial charge in [0, 0.05) is 6.42 Å². The molecule has 0 aliphatic heterocycles. The fraction of sp³-hybridized carbons (Fsp3) is 0.400. The van der Waals surface area contributed by atoms with E-state index in [0.29, 0.717) is 0 Å². The monoisotopic (exact) mass is 287 g/mol. The molecule has 3 N–H and O–H groups in total. The maximum absolute atomic E-state index is 12.2. The zero-order valence-electron chi connectivity index (χ0n) is 8.51. The average molecular weight is 288 g/mol. The Balaban J connectivity index is 2.76. The zero-order valence-corrected chi connectivity index (χ0v) is 10.0. The first-order valence-electron chi connectivity index (χ1n) is 4.67. The molecule has 0 saturated carbocycles. The largest absolute Gasteiger partial charge is 0.403 e. The van der Waals surface area contributed by atoms with Gasteiger partial charge in [0.05, 0.1) is 16.1 Å². The molecule has 0 fully saturated rings. The van der Waals surface area contributed by atoms with Gasteiger partial charge in [0.2, 0.25) is 0 Å². The lowest BCUT2D eigenvalue weighted by Crippen LogP contribution is -2.38. The van der Waals surface area contributed by atoms with Crippen LogP contribution in [0, 0.1) is 0 Å². The molecule has 0 heterocycles. The van der Waals surface area contributed by atoms with Crippen LogP contribution in [0.2, 0.25) is 10.0 Å². The normalized spacial score (nSPS) is 15.7. The van der Waals surface area contributed by atoms with Crippen molar-refractivity contribution in [3.05, 3.63) is 33.8 Å². The van der Waals surface area contributed by atoms with Gasteiger partial charge >= 0.3 is 6.18 Å². The van der Waals surface area contributed by atoms with Crippen LogP contribution in [-0.4, -0.2) is 17.3 Å². The first kappa shape index (κ1) is 14.6. The Kier molecular flexibility index (Phi) is 4.66. The fourth-order valence-corrected chi connectivity index (χ4v) is 1.54. The predicted octanol–water partition coefficient (Wildman–Crippen LogP) is 3.31. The standard InChI is InChI=1S/C10H10Cl2F3NO/c11-6-2-1-5(3-7(6)12)8(17)4-9(16)10(13,14)15/h1-3,8-9,17H,4,16H2/t8-,9+/m0/s1. The Morgan fingerprint density at radius 2 is 1.82 bits per heavy atom. The van der Waals surface area contributed by atoms with Gasteiger partial charge in [0.25, 0.3) is 0 Å². The number of hydrogen-bond acceptors (Lipinski definition) is 2. The van der Waals surface area contributed by atoms with Crippen molar-refractivity contribution in [1.82, 2.24) is 0 Å². The van der Waals surface area contributed by atoms with Crippen molar-refractivity contribution in [3.8, 4) is 0 Å². The molecule has 0 unspecified atom stereocenters. The van der Waals surface area contributed by atoms with Crippen molar-refractivity contribution in [2.45, 2.75) is 24.7 Å². The highest BCUT2D eigenvalue weighted by atomic mass is 35.5. The van der Waals surface area contributed by atoms with E-state index in [2.05, 4.69) is 0 Å². The number of benzene rings is 1. The summed E-state index contributed by atoms with van der Waals surface area (Å²) in [6.45, 7) is 0. The molecule has 0 spiro atoms. The summed E-state index contributed by atoms with van der Waals surface area (Å²) in [5, 5.41) is 10.0. The van der Waals surface area contributed by atoms with E-state index >= 15 is 0 Å². The lowest BCUT2D eigenvalue weighted by atomic mass is 10.0. The predicted molar refractivity (Wildman–Crippen MR) is 60.1 cm³/mol. The first-order valence-corrected chi connectivity index (χ1v) is 5.42. The van der Waals surface area contributed by atoms with Gasteiger partial charge in [0.15, 0.2) is 0 Å². The van der Waals surface area contributed by atoms with Crippen LogP contribution in [0.15, 0.2) is 18.2 Å². The van der Waals surface area contributed by atoms with Crippen LogP contribution in [-0.2, 0) is 0 Å². The lowest BCUT2D eigenvalue weighted by molar-refractivity contribution is -0.153. The number of halogens is 5. The summed E-state index contributed by atoms with van der Waals surface area (Å²) in [6.07, 6.45) is -6.49. The van der Waals surface area contributed by atoms with Crippen LogP contribution in [0.5, 0.6) is 0 Å². The number of aliphatic hydroxyl groups is 1. The summed E-state index contributed by atoms with van der Waals surface area (Å²) < 4.78 is 36.6. The topological polar surface area (TPSA) is 46.2 Å². The molecule has 0 aliphatic carbocycles. The second-order valence-corrected chi connectivity index (χ2v) is 4.39. The quantitative estimate of drug-likeness (QED) is 0.896. The number of alkyl halides is 3. The van der Waals surface area contributed by atoms with Gasteiger partial charge in [-0.15, -0.1) is 0 Å². The number of rotatable bonds is 3. The van der Waals surface area contributed by atoms with Crippen LogP contribution in [0.3, 0.4) is 0 Å². The molecule has 7 heteroatoms. The summed E-state index contributed by atoms with van der Waals surface area (Å²) >= 11 is 11.3. The molecule has 0 amide bonds. The highest BCUT2D eigenvalue weighted by Crippen LogP contribution is 2.30. The molecule has 2 atom stereocenters.